The number of nitrogen functional groups attached to an aromatic ring is 1. The second kappa shape index (κ2) is 5.52. The first-order valence-electron chi connectivity index (χ1n) is 5.66. The molecule has 0 aliphatic heterocycles. The van der Waals surface area contributed by atoms with Crippen LogP contribution >= 0.6 is 27.7 Å². The van der Waals surface area contributed by atoms with E-state index in [4.69, 9.17) is 16.0 Å². The summed E-state index contributed by atoms with van der Waals surface area (Å²) in [4.78, 5) is 5.25. The summed E-state index contributed by atoms with van der Waals surface area (Å²) in [5.74, 6) is 1.60. The smallest absolute Gasteiger partial charge is 0.237 e. The zero-order chi connectivity index (χ0) is 14.0. The Morgan fingerprint density at radius 3 is 2.79 bits per heavy atom. The highest BCUT2D eigenvalue weighted by molar-refractivity contribution is 9.10. The molecule has 0 atom stereocenters. The van der Waals surface area contributed by atoms with Crippen LogP contribution in [0.1, 0.15) is 25.6 Å². The second-order valence-corrected chi connectivity index (χ2v) is 6.64. The molecular weight excluding hydrogens is 328 g/mol. The van der Waals surface area contributed by atoms with Gasteiger partial charge in [-0.1, -0.05) is 21.1 Å². The van der Waals surface area contributed by atoms with Gasteiger partial charge in [-0.15, -0.1) is 11.8 Å². The molecule has 0 aliphatic rings. The molecule has 0 radical (unpaired) electrons. The van der Waals surface area contributed by atoms with E-state index in [9.17, 15) is 0 Å². The van der Waals surface area contributed by atoms with Crippen LogP contribution in [-0.2, 0) is 11.3 Å². The number of benzene rings is 1. The Bertz CT molecular complexity index is 579. The van der Waals surface area contributed by atoms with Crippen LogP contribution in [0, 0.1) is 0 Å². The quantitative estimate of drug-likeness (QED) is 0.655. The lowest BCUT2D eigenvalue weighted by Gasteiger charge is -2.11. The van der Waals surface area contributed by atoms with Crippen molar-refractivity contribution >= 4 is 33.4 Å². The summed E-state index contributed by atoms with van der Waals surface area (Å²) in [5.41, 5.74) is 11.9. The summed E-state index contributed by atoms with van der Waals surface area (Å²) >= 11 is 4.96. The van der Waals surface area contributed by atoms with Crippen molar-refractivity contribution in [2.75, 3.05) is 5.73 Å². The topological polar surface area (TPSA) is 91.0 Å². The average molecular weight is 343 g/mol. The largest absolute Gasteiger partial charge is 0.398 e. The summed E-state index contributed by atoms with van der Waals surface area (Å²) in [6.45, 7) is 3.67. The fourth-order valence-corrected chi connectivity index (χ4v) is 2.70. The molecule has 1 heterocycles. The SMILES string of the molecule is CC(C)(N)c1noc(CSc2cc(Br)ccc2N)n1. The first kappa shape index (κ1) is 14.4. The van der Waals surface area contributed by atoms with Gasteiger partial charge in [-0.25, -0.2) is 0 Å². The Kier molecular flexibility index (Phi) is 4.17. The van der Waals surface area contributed by atoms with Gasteiger partial charge < -0.3 is 16.0 Å². The number of nitrogens with zero attached hydrogens (tertiary/aromatic N) is 2. The standard InChI is InChI=1S/C12H15BrN4OS/c1-12(2,15)11-16-10(18-17-11)6-19-9-5-7(13)3-4-8(9)14/h3-5H,6,14-15H2,1-2H3. The predicted octanol–water partition coefficient (Wildman–Crippen LogP) is 2.90. The van der Waals surface area contributed by atoms with Crippen molar-refractivity contribution in [2.45, 2.75) is 30.0 Å². The molecule has 4 N–H and O–H groups in total. The molecule has 5 nitrogen and oxygen atoms in total. The molecule has 0 saturated carbocycles. The van der Waals surface area contributed by atoms with E-state index in [-0.39, 0.29) is 0 Å². The van der Waals surface area contributed by atoms with Crippen LogP contribution in [0.3, 0.4) is 0 Å². The third kappa shape index (κ3) is 3.71. The Hall–Kier alpha value is -1.05. The Balaban J connectivity index is 2.06. The second-order valence-electron chi connectivity index (χ2n) is 4.70. The molecule has 7 heteroatoms. The van der Waals surface area contributed by atoms with Crippen LogP contribution in [0.4, 0.5) is 5.69 Å². The Morgan fingerprint density at radius 1 is 1.42 bits per heavy atom. The van der Waals surface area contributed by atoms with Crippen molar-refractivity contribution in [3.63, 3.8) is 0 Å². The molecule has 2 aromatic rings. The van der Waals surface area contributed by atoms with Gasteiger partial charge >= 0.3 is 0 Å². The molecular formula is C12H15BrN4OS. The Morgan fingerprint density at radius 2 is 2.16 bits per heavy atom. The van der Waals surface area contributed by atoms with Crippen molar-refractivity contribution in [3.05, 3.63) is 34.4 Å². The van der Waals surface area contributed by atoms with Crippen molar-refractivity contribution < 1.29 is 4.52 Å². The van der Waals surface area contributed by atoms with Gasteiger partial charge in [0.2, 0.25) is 5.89 Å². The molecule has 0 spiro atoms. The lowest BCUT2D eigenvalue weighted by Crippen LogP contribution is -2.30. The van der Waals surface area contributed by atoms with Gasteiger partial charge in [-0.2, -0.15) is 4.98 Å². The third-order valence-corrected chi connectivity index (χ3v) is 3.92. The van der Waals surface area contributed by atoms with Crippen molar-refractivity contribution in [1.29, 1.82) is 0 Å². The van der Waals surface area contributed by atoms with Crippen LogP contribution in [0.25, 0.3) is 0 Å². The number of hydrogen-bond acceptors (Lipinski definition) is 6. The highest BCUT2D eigenvalue weighted by Gasteiger charge is 2.21. The molecule has 0 amide bonds. The number of hydrogen-bond donors (Lipinski definition) is 2. The normalized spacial score (nSPS) is 11.8. The van der Waals surface area contributed by atoms with E-state index in [1.807, 2.05) is 32.0 Å². The maximum Gasteiger partial charge on any atom is 0.237 e. The zero-order valence-electron chi connectivity index (χ0n) is 10.7. The summed E-state index contributed by atoms with van der Waals surface area (Å²) in [7, 11) is 0. The lowest BCUT2D eigenvalue weighted by molar-refractivity contribution is 0.370. The summed E-state index contributed by atoms with van der Waals surface area (Å²) in [5, 5.41) is 3.87. The van der Waals surface area contributed by atoms with E-state index in [0.717, 1.165) is 15.1 Å². The van der Waals surface area contributed by atoms with E-state index in [1.54, 1.807) is 11.8 Å². The monoisotopic (exact) mass is 342 g/mol. The molecule has 0 saturated heterocycles. The number of thioether (sulfide) groups is 1. The maximum absolute atomic E-state index is 5.90. The van der Waals surface area contributed by atoms with E-state index in [2.05, 4.69) is 26.1 Å². The molecule has 1 aromatic carbocycles. The summed E-state index contributed by atoms with van der Waals surface area (Å²) in [6, 6.07) is 5.72. The minimum Gasteiger partial charge on any atom is -0.398 e. The van der Waals surface area contributed by atoms with Gasteiger partial charge in [-0.3, -0.25) is 0 Å². The molecule has 19 heavy (non-hydrogen) atoms. The zero-order valence-corrected chi connectivity index (χ0v) is 13.1. The molecule has 0 aliphatic carbocycles. The van der Waals surface area contributed by atoms with Crippen LogP contribution in [0.2, 0.25) is 0 Å². The number of halogens is 1. The van der Waals surface area contributed by atoms with Crippen LogP contribution in [0.15, 0.2) is 32.1 Å². The first-order chi connectivity index (χ1) is 8.86. The highest BCUT2D eigenvalue weighted by atomic mass is 79.9. The number of aromatic nitrogens is 2. The van der Waals surface area contributed by atoms with Gasteiger partial charge in [0, 0.05) is 15.1 Å². The number of anilines is 1. The number of rotatable bonds is 4. The fourth-order valence-electron chi connectivity index (χ4n) is 1.35. The van der Waals surface area contributed by atoms with Gasteiger partial charge in [0.1, 0.15) is 0 Å². The third-order valence-electron chi connectivity index (χ3n) is 2.37. The molecule has 0 unspecified atom stereocenters. The van der Waals surface area contributed by atoms with Gasteiger partial charge in [0.25, 0.3) is 0 Å². The minimum atomic E-state index is -0.596. The van der Waals surface area contributed by atoms with Gasteiger partial charge in [0.05, 0.1) is 11.3 Å². The molecule has 0 bridgehead atoms. The molecule has 1 aromatic heterocycles. The summed E-state index contributed by atoms with van der Waals surface area (Å²) < 4.78 is 6.15. The first-order valence-corrected chi connectivity index (χ1v) is 7.44. The fraction of sp³-hybridized carbons (Fsp3) is 0.333. The van der Waals surface area contributed by atoms with Gasteiger partial charge in [-0.05, 0) is 32.0 Å². The predicted molar refractivity (Wildman–Crippen MR) is 79.6 cm³/mol. The van der Waals surface area contributed by atoms with E-state index < -0.39 is 5.54 Å². The van der Waals surface area contributed by atoms with Crippen LogP contribution in [0.5, 0.6) is 0 Å². The van der Waals surface area contributed by atoms with Crippen LogP contribution in [-0.4, -0.2) is 10.1 Å². The average Bonchev–Trinajstić information content (AvgIpc) is 2.79. The van der Waals surface area contributed by atoms with Gasteiger partial charge in [0.15, 0.2) is 5.82 Å². The van der Waals surface area contributed by atoms with Crippen molar-refractivity contribution in [1.82, 2.24) is 10.1 Å². The molecule has 0 fully saturated rings. The van der Waals surface area contributed by atoms with Crippen LogP contribution < -0.4 is 11.5 Å². The highest BCUT2D eigenvalue weighted by Crippen LogP contribution is 2.30. The van der Waals surface area contributed by atoms with E-state index >= 15 is 0 Å². The van der Waals surface area contributed by atoms with Crippen molar-refractivity contribution in [3.8, 4) is 0 Å². The number of nitrogens with two attached hydrogens (primary N) is 2. The Labute approximate surface area is 124 Å². The van der Waals surface area contributed by atoms with E-state index in [1.165, 1.54) is 0 Å². The van der Waals surface area contributed by atoms with Crippen molar-refractivity contribution in [2.24, 2.45) is 5.73 Å². The minimum absolute atomic E-state index is 0.505. The summed E-state index contributed by atoms with van der Waals surface area (Å²) in [6.07, 6.45) is 0. The molecule has 102 valence electrons. The maximum atomic E-state index is 5.90. The van der Waals surface area contributed by atoms with E-state index in [0.29, 0.717) is 17.5 Å². The lowest BCUT2D eigenvalue weighted by atomic mass is 10.1. The molecule has 2 rings (SSSR count).